The maximum Gasteiger partial charge on any atom is 0.152 e. The molecule has 18 heavy (non-hydrogen) atoms. The van der Waals surface area contributed by atoms with Gasteiger partial charge in [-0.3, -0.25) is 14.4 Å². The Hall–Kier alpha value is -2.03. The van der Waals surface area contributed by atoms with E-state index in [-0.39, 0.29) is 17.3 Å². The molecule has 0 unspecified atom stereocenters. The summed E-state index contributed by atoms with van der Waals surface area (Å²) in [5, 5.41) is 0. The van der Waals surface area contributed by atoms with Crippen molar-refractivity contribution in [2.45, 2.75) is 26.7 Å². The van der Waals surface area contributed by atoms with E-state index in [0.29, 0.717) is 12.8 Å². The first-order valence-corrected chi connectivity index (χ1v) is 5.71. The minimum atomic E-state index is -0.0221. The number of carbonyl (C=O) groups is 3. The predicted molar refractivity (Wildman–Crippen MR) is 72.2 cm³/mol. The molecule has 0 aromatic heterocycles. The molecule has 96 valence electrons. The fraction of sp³-hybridized carbons (Fsp3) is 0.267. The lowest BCUT2D eigenvalue weighted by molar-refractivity contribution is -0.117. The van der Waals surface area contributed by atoms with Crippen LogP contribution in [0.2, 0.25) is 0 Å². The highest BCUT2D eigenvalue weighted by Gasteiger charge is 1.93. The fourth-order valence-corrected chi connectivity index (χ4v) is 1.02. The van der Waals surface area contributed by atoms with E-state index in [2.05, 4.69) is 0 Å². The third-order valence-electron chi connectivity index (χ3n) is 1.85. The van der Waals surface area contributed by atoms with Gasteiger partial charge in [-0.1, -0.05) is 36.5 Å². The average molecular weight is 246 g/mol. The van der Waals surface area contributed by atoms with Crippen molar-refractivity contribution in [3.63, 3.8) is 0 Å². The summed E-state index contributed by atoms with van der Waals surface area (Å²) in [6, 6.07) is 0. The molecule has 0 atom stereocenters. The van der Waals surface area contributed by atoms with Crippen molar-refractivity contribution in [3.05, 3.63) is 48.6 Å². The highest BCUT2D eigenvalue weighted by atomic mass is 16.1. The van der Waals surface area contributed by atoms with Crippen LogP contribution in [-0.2, 0) is 14.4 Å². The van der Waals surface area contributed by atoms with Crippen LogP contribution in [0.15, 0.2) is 48.6 Å². The Kier molecular flexibility index (Phi) is 9.00. The van der Waals surface area contributed by atoms with Gasteiger partial charge in [-0.05, 0) is 26.0 Å². The maximum atomic E-state index is 11.4. The van der Waals surface area contributed by atoms with E-state index in [1.807, 2.05) is 0 Å². The molecule has 0 heterocycles. The second kappa shape index (κ2) is 10.1. The minimum Gasteiger partial charge on any atom is -0.299 e. The Bertz CT molecular complexity index is 371. The normalized spacial score (nSPS) is 12.1. The van der Waals surface area contributed by atoms with E-state index in [1.54, 1.807) is 36.5 Å². The number of Topliss-reactive ketones (excluding diaryl/α,β-unsaturated/α-hetero) is 1. The van der Waals surface area contributed by atoms with Crippen molar-refractivity contribution in [2.24, 2.45) is 0 Å². The van der Waals surface area contributed by atoms with Gasteiger partial charge in [0.2, 0.25) is 0 Å². The van der Waals surface area contributed by atoms with Crippen LogP contribution in [0.3, 0.4) is 0 Å². The molecule has 0 aromatic rings. The van der Waals surface area contributed by atoms with Crippen LogP contribution >= 0.6 is 0 Å². The molecular weight excluding hydrogens is 228 g/mol. The number of ketones is 3. The number of carbonyl (C=O) groups excluding carboxylic acids is 3. The highest BCUT2D eigenvalue weighted by Crippen LogP contribution is 1.94. The van der Waals surface area contributed by atoms with Gasteiger partial charge in [0.1, 0.15) is 5.78 Å². The summed E-state index contributed by atoms with van der Waals surface area (Å²) in [4.78, 5) is 32.5. The first kappa shape index (κ1) is 16.0. The van der Waals surface area contributed by atoms with E-state index in [1.165, 1.54) is 26.0 Å². The van der Waals surface area contributed by atoms with Gasteiger partial charge in [-0.15, -0.1) is 0 Å². The Morgan fingerprint density at radius 2 is 1.11 bits per heavy atom. The van der Waals surface area contributed by atoms with E-state index >= 15 is 0 Å². The summed E-state index contributed by atoms with van der Waals surface area (Å²) in [6.45, 7) is 2.93. The van der Waals surface area contributed by atoms with Crippen molar-refractivity contribution < 1.29 is 14.4 Å². The van der Waals surface area contributed by atoms with Crippen LogP contribution < -0.4 is 0 Å². The van der Waals surface area contributed by atoms with Crippen LogP contribution in [-0.4, -0.2) is 17.3 Å². The largest absolute Gasteiger partial charge is 0.299 e. The van der Waals surface area contributed by atoms with Crippen molar-refractivity contribution in [1.29, 1.82) is 0 Å². The SMILES string of the molecule is CC(=O)C=CC=CCC(=O)CC=CC=CC(C)=O. The van der Waals surface area contributed by atoms with Gasteiger partial charge in [0.25, 0.3) is 0 Å². The van der Waals surface area contributed by atoms with E-state index in [9.17, 15) is 14.4 Å². The third-order valence-corrected chi connectivity index (χ3v) is 1.85. The van der Waals surface area contributed by atoms with Crippen molar-refractivity contribution in [1.82, 2.24) is 0 Å². The van der Waals surface area contributed by atoms with E-state index < -0.39 is 0 Å². The van der Waals surface area contributed by atoms with Crippen LogP contribution in [0.1, 0.15) is 26.7 Å². The van der Waals surface area contributed by atoms with Gasteiger partial charge in [-0.25, -0.2) is 0 Å². The molecule has 0 N–H and O–H groups in total. The Labute approximate surface area is 108 Å². The Balaban J connectivity index is 3.85. The van der Waals surface area contributed by atoms with Crippen LogP contribution in [0.4, 0.5) is 0 Å². The number of hydrogen-bond acceptors (Lipinski definition) is 3. The summed E-state index contributed by atoms with van der Waals surface area (Å²) in [7, 11) is 0. The molecule has 0 saturated carbocycles. The molecule has 0 bridgehead atoms. The van der Waals surface area contributed by atoms with Crippen molar-refractivity contribution >= 4 is 17.3 Å². The molecule has 3 nitrogen and oxygen atoms in total. The lowest BCUT2D eigenvalue weighted by Crippen LogP contribution is -1.91. The second-order valence-electron chi connectivity index (χ2n) is 3.74. The molecule has 0 aliphatic carbocycles. The molecule has 0 spiro atoms. The summed E-state index contributed by atoms with van der Waals surface area (Å²) in [5.74, 6) is 0.0345. The second-order valence-corrected chi connectivity index (χ2v) is 3.74. The zero-order chi connectivity index (χ0) is 13.8. The summed E-state index contributed by atoms with van der Waals surface area (Å²) < 4.78 is 0. The zero-order valence-electron chi connectivity index (χ0n) is 10.8. The lowest BCUT2D eigenvalue weighted by Gasteiger charge is -1.89. The van der Waals surface area contributed by atoms with Crippen LogP contribution in [0.5, 0.6) is 0 Å². The third kappa shape index (κ3) is 12.0. The van der Waals surface area contributed by atoms with Gasteiger partial charge in [-0.2, -0.15) is 0 Å². The molecule has 0 rings (SSSR count). The fourth-order valence-electron chi connectivity index (χ4n) is 1.02. The van der Waals surface area contributed by atoms with Gasteiger partial charge >= 0.3 is 0 Å². The maximum absolute atomic E-state index is 11.4. The first-order chi connectivity index (χ1) is 8.52. The molecule has 0 radical (unpaired) electrons. The highest BCUT2D eigenvalue weighted by molar-refractivity contribution is 5.88. The zero-order valence-corrected chi connectivity index (χ0v) is 10.8. The molecule has 0 fully saturated rings. The monoisotopic (exact) mass is 246 g/mol. The molecular formula is C15H18O3. The average Bonchev–Trinajstić information content (AvgIpc) is 2.27. The Morgan fingerprint density at radius 1 is 0.722 bits per heavy atom. The molecule has 0 aromatic carbocycles. The Morgan fingerprint density at radius 3 is 1.44 bits per heavy atom. The number of rotatable bonds is 8. The summed E-state index contributed by atoms with van der Waals surface area (Å²) in [6.07, 6.45) is 13.5. The van der Waals surface area contributed by atoms with E-state index in [0.717, 1.165) is 0 Å². The van der Waals surface area contributed by atoms with Crippen molar-refractivity contribution in [3.8, 4) is 0 Å². The van der Waals surface area contributed by atoms with Gasteiger partial charge < -0.3 is 0 Å². The van der Waals surface area contributed by atoms with Crippen LogP contribution in [0.25, 0.3) is 0 Å². The molecule has 0 aliphatic rings. The summed E-state index contributed by atoms with van der Waals surface area (Å²) >= 11 is 0. The predicted octanol–water partition coefficient (Wildman–Crippen LogP) is 2.74. The molecule has 0 amide bonds. The number of allylic oxidation sites excluding steroid dienone is 8. The minimum absolute atomic E-state index is 0.0221. The van der Waals surface area contributed by atoms with Crippen LogP contribution in [0, 0.1) is 0 Å². The van der Waals surface area contributed by atoms with Gasteiger partial charge in [0.05, 0.1) is 0 Å². The lowest BCUT2D eigenvalue weighted by atomic mass is 10.2. The standard InChI is InChI=1S/C15H18O3/c1-13(16)9-5-3-7-11-15(18)12-8-4-6-10-14(2)17/h3-10H,11-12H2,1-2H3. The van der Waals surface area contributed by atoms with Gasteiger partial charge in [0, 0.05) is 12.8 Å². The van der Waals surface area contributed by atoms with Gasteiger partial charge in [0.15, 0.2) is 11.6 Å². The van der Waals surface area contributed by atoms with E-state index in [4.69, 9.17) is 0 Å². The summed E-state index contributed by atoms with van der Waals surface area (Å²) in [5.41, 5.74) is 0. The quantitative estimate of drug-likeness (QED) is 0.489. The number of hydrogen-bond donors (Lipinski definition) is 0. The molecule has 0 saturated heterocycles. The first-order valence-electron chi connectivity index (χ1n) is 5.71. The van der Waals surface area contributed by atoms with Crippen molar-refractivity contribution in [2.75, 3.05) is 0 Å². The smallest absolute Gasteiger partial charge is 0.152 e. The topological polar surface area (TPSA) is 51.2 Å². The molecule has 3 heteroatoms. The molecule has 0 aliphatic heterocycles.